The molecule has 0 aromatic rings. The first-order valence-electron chi connectivity index (χ1n) is 23.1. The lowest BCUT2D eigenvalue weighted by atomic mass is 10.0. The Morgan fingerprint density at radius 1 is 0.481 bits per heavy atom. The van der Waals surface area contributed by atoms with Crippen LogP contribution in [-0.4, -0.2) is 46.1 Å². The van der Waals surface area contributed by atoms with Crippen molar-refractivity contribution in [2.24, 2.45) is 0 Å². The average Bonchev–Trinajstić information content (AvgIpc) is 3.14. The molecule has 3 unspecified atom stereocenters. The molecule has 0 aromatic carbocycles. The summed E-state index contributed by atoms with van der Waals surface area (Å²) in [5.74, 6) is -0.285. The van der Waals surface area contributed by atoms with Gasteiger partial charge >= 0.3 is 0 Å². The average molecular weight is 734 g/mol. The number of carbonyl (C=O) groups is 1. The van der Waals surface area contributed by atoms with Crippen molar-refractivity contribution in [2.45, 2.75) is 263 Å². The maximum Gasteiger partial charge on any atom is 0.222 e. The zero-order valence-corrected chi connectivity index (χ0v) is 35.0. The third-order valence-corrected chi connectivity index (χ3v) is 10.8. The molecule has 3 atom stereocenters. The number of hydrogen-bond acceptors (Lipinski definition) is 4. The van der Waals surface area contributed by atoms with Gasteiger partial charge < -0.3 is 20.6 Å². The third-order valence-electron chi connectivity index (χ3n) is 10.8. The molecule has 5 nitrogen and oxygen atoms in total. The highest BCUT2D eigenvalue weighted by molar-refractivity contribution is 5.76. The second-order valence-corrected chi connectivity index (χ2v) is 16.0. The SMILES string of the molecule is CCCCCCCCCCC/C=C\C/C=C\CCCCCCCCCCCC(O)CC(=O)NC(CO)C(O)CCCCCCCCCCCCCC. The van der Waals surface area contributed by atoms with Crippen LogP contribution in [0.3, 0.4) is 0 Å². The first kappa shape index (κ1) is 50.8. The molecule has 0 fully saturated rings. The highest BCUT2D eigenvalue weighted by atomic mass is 16.3. The normalized spacial score (nSPS) is 13.7. The summed E-state index contributed by atoms with van der Waals surface area (Å²) in [6.45, 7) is 4.26. The van der Waals surface area contributed by atoms with Gasteiger partial charge in [-0.25, -0.2) is 0 Å². The van der Waals surface area contributed by atoms with Gasteiger partial charge in [0.1, 0.15) is 0 Å². The highest BCUT2D eigenvalue weighted by Crippen LogP contribution is 2.16. The van der Waals surface area contributed by atoms with E-state index in [0.717, 1.165) is 32.1 Å². The number of rotatable bonds is 42. The van der Waals surface area contributed by atoms with E-state index in [1.807, 2.05) is 0 Å². The molecule has 0 aliphatic rings. The number of aliphatic hydroxyl groups is 3. The van der Waals surface area contributed by atoms with Gasteiger partial charge in [-0.1, -0.05) is 218 Å². The van der Waals surface area contributed by atoms with Crippen LogP contribution in [0.2, 0.25) is 0 Å². The second kappa shape index (κ2) is 42.6. The van der Waals surface area contributed by atoms with E-state index < -0.39 is 18.2 Å². The molecule has 52 heavy (non-hydrogen) atoms. The van der Waals surface area contributed by atoms with E-state index >= 15 is 0 Å². The van der Waals surface area contributed by atoms with Crippen LogP contribution in [0.25, 0.3) is 0 Å². The van der Waals surface area contributed by atoms with Crippen molar-refractivity contribution in [3.8, 4) is 0 Å². The first-order chi connectivity index (χ1) is 25.5. The molecule has 0 aliphatic carbocycles. The molecule has 5 heteroatoms. The molecule has 0 rings (SSSR count). The summed E-state index contributed by atoms with van der Waals surface area (Å²) in [6.07, 6.45) is 51.5. The largest absolute Gasteiger partial charge is 0.394 e. The maximum absolute atomic E-state index is 12.4. The fourth-order valence-electron chi connectivity index (χ4n) is 7.20. The van der Waals surface area contributed by atoms with Gasteiger partial charge in [0.2, 0.25) is 5.91 Å². The fraction of sp³-hybridized carbons (Fsp3) is 0.894. The lowest BCUT2D eigenvalue weighted by Gasteiger charge is -2.23. The number of amides is 1. The topological polar surface area (TPSA) is 89.8 Å². The van der Waals surface area contributed by atoms with Crippen LogP contribution in [-0.2, 0) is 4.79 Å². The zero-order chi connectivity index (χ0) is 38.0. The zero-order valence-electron chi connectivity index (χ0n) is 35.0. The minimum absolute atomic E-state index is 0.0348. The number of aliphatic hydroxyl groups excluding tert-OH is 3. The molecule has 0 aromatic heterocycles. The Bertz CT molecular complexity index is 768. The molecule has 0 aliphatic heterocycles. The maximum atomic E-state index is 12.4. The third kappa shape index (κ3) is 38.6. The molecule has 0 heterocycles. The molecule has 0 radical (unpaired) electrons. The second-order valence-electron chi connectivity index (χ2n) is 16.0. The van der Waals surface area contributed by atoms with E-state index in [-0.39, 0.29) is 18.9 Å². The van der Waals surface area contributed by atoms with Crippen LogP contribution in [0, 0.1) is 0 Å². The predicted octanol–water partition coefficient (Wildman–Crippen LogP) is 13.4. The van der Waals surface area contributed by atoms with E-state index in [1.54, 1.807) is 0 Å². The van der Waals surface area contributed by atoms with Gasteiger partial charge in [-0.2, -0.15) is 0 Å². The minimum atomic E-state index is -0.748. The van der Waals surface area contributed by atoms with Crippen molar-refractivity contribution < 1.29 is 20.1 Å². The number of unbranched alkanes of at least 4 members (excludes halogenated alkanes) is 29. The number of nitrogens with one attached hydrogen (secondary N) is 1. The van der Waals surface area contributed by atoms with Gasteiger partial charge in [-0.3, -0.25) is 4.79 Å². The van der Waals surface area contributed by atoms with Crippen molar-refractivity contribution in [3.63, 3.8) is 0 Å². The van der Waals surface area contributed by atoms with E-state index in [1.165, 1.54) is 180 Å². The Balaban J connectivity index is 3.58. The molecule has 0 saturated heterocycles. The lowest BCUT2D eigenvalue weighted by Crippen LogP contribution is -2.46. The minimum Gasteiger partial charge on any atom is -0.394 e. The molecule has 4 N–H and O–H groups in total. The van der Waals surface area contributed by atoms with Gasteiger partial charge in [-0.05, 0) is 44.9 Å². The van der Waals surface area contributed by atoms with Crippen LogP contribution >= 0.6 is 0 Å². The monoisotopic (exact) mass is 734 g/mol. The quantitative estimate of drug-likeness (QED) is 0.0371. The Morgan fingerprint density at radius 2 is 0.827 bits per heavy atom. The van der Waals surface area contributed by atoms with Gasteiger partial charge in [0.15, 0.2) is 0 Å². The van der Waals surface area contributed by atoms with Crippen molar-refractivity contribution in [1.82, 2.24) is 5.32 Å². The van der Waals surface area contributed by atoms with Gasteiger partial charge in [0.25, 0.3) is 0 Å². The van der Waals surface area contributed by atoms with Crippen molar-refractivity contribution in [2.75, 3.05) is 6.61 Å². The van der Waals surface area contributed by atoms with Crippen molar-refractivity contribution in [1.29, 1.82) is 0 Å². The molecular formula is C47H91NO4. The molecule has 1 amide bonds. The van der Waals surface area contributed by atoms with Crippen molar-refractivity contribution >= 4 is 5.91 Å². The number of hydrogen-bond donors (Lipinski definition) is 4. The van der Waals surface area contributed by atoms with E-state index in [4.69, 9.17) is 0 Å². The Labute approximate surface area is 324 Å². The summed E-state index contributed by atoms with van der Waals surface area (Å²) in [6, 6.07) is -0.657. The van der Waals surface area contributed by atoms with E-state index in [2.05, 4.69) is 43.5 Å². The lowest BCUT2D eigenvalue weighted by molar-refractivity contribution is -0.125. The van der Waals surface area contributed by atoms with Crippen LogP contribution in [0.4, 0.5) is 0 Å². The first-order valence-corrected chi connectivity index (χ1v) is 23.1. The summed E-state index contributed by atoms with van der Waals surface area (Å²) in [4.78, 5) is 12.4. The molecule has 0 saturated carbocycles. The summed E-state index contributed by atoms with van der Waals surface area (Å²) in [5, 5.41) is 33.4. The Morgan fingerprint density at radius 3 is 1.21 bits per heavy atom. The van der Waals surface area contributed by atoms with E-state index in [9.17, 15) is 20.1 Å². The van der Waals surface area contributed by atoms with Gasteiger partial charge in [0, 0.05) is 0 Å². The molecular weight excluding hydrogens is 643 g/mol. The Hall–Kier alpha value is -1.17. The summed E-state index contributed by atoms with van der Waals surface area (Å²) < 4.78 is 0. The van der Waals surface area contributed by atoms with Crippen LogP contribution in [0.1, 0.15) is 245 Å². The fourth-order valence-corrected chi connectivity index (χ4v) is 7.20. The molecule has 0 bridgehead atoms. The van der Waals surface area contributed by atoms with Crippen molar-refractivity contribution in [3.05, 3.63) is 24.3 Å². The molecule has 308 valence electrons. The van der Waals surface area contributed by atoms with E-state index in [0.29, 0.717) is 12.8 Å². The van der Waals surface area contributed by atoms with Crippen LogP contribution in [0.15, 0.2) is 24.3 Å². The Kier molecular flexibility index (Phi) is 41.6. The number of allylic oxidation sites excluding steroid dienone is 4. The highest BCUT2D eigenvalue weighted by Gasteiger charge is 2.21. The van der Waals surface area contributed by atoms with Gasteiger partial charge in [-0.15, -0.1) is 0 Å². The predicted molar refractivity (Wildman–Crippen MR) is 227 cm³/mol. The molecule has 0 spiro atoms. The summed E-state index contributed by atoms with van der Waals surface area (Å²) >= 11 is 0. The van der Waals surface area contributed by atoms with Gasteiger partial charge in [0.05, 0.1) is 31.3 Å². The van der Waals surface area contributed by atoms with Crippen LogP contribution in [0.5, 0.6) is 0 Å². The standard InChI is InChI=1S/C47H91NO4/c1-3-5-7-9-11-13-15-17-18-19-20-21-22-23-24-25-26-27-28-29-30-32-34-36-38-40-44(50)42-47(52)48-45(43-49)46(51)41-39-37-35-33-31-16-14-12-10-8-6-4-2/h20-21,23-24,44-46,49-51H,3-19,22,25-43H2,1-2H3,(H,48,52)/b21-20-,24-23-. The number of carbonyl (C=O) groups excluding carboxylic acids is 1. The van der Waals surface area contributed by atoms with Crippen LogP contribution < -0.4 is 5.32 Å². The summed E-state index contributed by atoms with van der Waals surface area (Å²) in [5.41, 5.74) is 0. The smallest absolute Gasteiger partial charge is 0.222 e. The summed E-state index contributed by atoms with van der Waals surface area (Å²) in [7, 11) is 0.